The Morgan fingerprint density at radius 1 is 1.19 bits per heavy atom. The molecule has 1 aliphatic heterocycles. The third-order valence-electron chi connectivity index (χ3n) is 4.04. The van der Waals surface area contributed by atoms with Crippen LogP contribution in [0.5, 0.6) is 17.2 Å². The van der Waals surface area contributed by atoms with Gasteiger partial charge in [0.1, 0.15) is 5.75 Å². The Morgan fingerprint density at radius 3 is 2.81 bits per heavy atom. The Hall–Kier alpha value is -2.40. The maximum Gasteiger partial charge on any atom is 0.258 e. The highest BCUT2D eigenvalue weighted by Crippen LogP contribution is 2.37. The zero-order valence-corrected chi connectivity index (χ0v) is 15.7. The summed E-state index contributed by atoms with van der Waals surface area (Å²) < 4.78 is 16.9. The van der Waals surface area contributed by atoms with E-state index in [1.807, 2.05) is 38.1 Å². The van der Waals surface area contributed by atoms with Gasteiger partial charge in [0.05, 0.1) is 18.2 Å². The first-order valence-corrected chi connectivity index (χ1v) is 8.95. The summed E-state index contributed by atoms with van der Waals surface area (Å²) in [5.74, 6) is 1.70. The molecule has 1 aliphatic rings. The highest BCUT2D eigenvalue weighted by Gasteiger charge is 2.16. The normalized spacial score (nSPS) is 13.0. The number of aryl methyl sites for hydroxylation is 2. The van der Waals surface area contributed by atoms with Crippen LogP contribution < -0.4 is 19.5 Å². The molecule has 1 N–H and O–H groups in total. The second-order valence-corrected chi connectivity index (χ2v) is 6.70. The second-order valence-electron chi connectivity index (χ2n) is 6.29. The largest absolute Gasteiger partial charge is 0.489 e. The predicted molar refractivity (Wildman–Crippen MR) is 100 cm³/mol. The third-order valence-corrected chi connectivity index (χ3v) is 4.32. The number of carbonyl (C=O) groups is 1. The molecule has 0 radical (unpaired) electrons. The average molecular weight is 376 g/mol. The monoisotopic (exact) mass is 375 g/mol. The van der Waals surface area contributed by atoms with Crippen LogP contribution >= 0.6 is 11.6 Å². The van der Waals surface area contributed by atoms with Crippen LogP contribution in [0.15, 0.2) is 30.3 Å². The first-order valence-electron chi connectivity index (χ1n) is 8.57. The molecule has 1 amide bonds. The Morgan fingerprint density at radius 2 is 2.00 bits per heavy atom. The number of fused-ring (bicyclic) bond motifs is 1. The number of rotatable bonds is 5. The molecule has 0 aliphatic carbocycles. The molecule has 1 heterocycles. The van der Waals surface area contributed by atoms with Gasteiger partial charge in [0.25, 0.3) is 5.91 Å². The Labute approximate surface area is 158 Å². The first kappa shape index (κ1) is 18.4. The summed E-state index contributed by atoms with van der Waals surface area (Å²) >= 11 is 6.26. The molecule has 3 rings (SSSR count). The van der Waals surface area contributed by atoms with Crippen LogP contribution in [-0.2, 0) is 11.3 Å². The van der Waals surface area contributed by atoms with E-state index < -0.39 is 0 Å². The summed E-state index contributed by atoms with van der Waals surface area (Å²) in [6.45, 7) is 5.44. The number of hydrogen-bond acceptors (Lipinski definition) is 4. The summed E-state index contributed by atoms with van der Waals surface area (Å²) in [6, 6.07) is 9.48. The van der Waals surface area contributed by atoms with Gasteiger partial charge in [-0.05, 0) is 43.2 Å². The van der Waals surface area contributed by atoms with Gasteiger partial charge in [-0.3, -0.25) is 4.79 Å². The van der Waals surface area contributed by atoms with Crippen molar-refractivity contribution in [3.8, 4) is 17.2 Å². The number of ether oxygens (including phenoxy) is 3. The highest BCUT2D eigenvalue weighted by molar-refractivity contribution is 6.32. The molecule has 0 fully saturated rings. The maximum absolute atomic E-state index is 12.1. The molecule has 0 aromatic heterocycles. The Balaban J connectivity index is 1.56. The molecule has 6 heteroatoms. The molecule has 0 unspecified atom stereocenters. The zero-order valence-electron chi connectivity index (χ0n) is 14.9. The minimum atomic E-state index is -0.201. The van der Waals surface area contributed by atoms with Crippen molar-refractivity contribution in [2.75, 3.05) is 19.8 Å². The van der Waals surface area contributed by atoms with Crippen molar-refractivity contribution in [3.05, 3.63) is 52.0 Å². The highest BCUT2D eigenvalue weighted by atomic mass is 35.5. The van der Waals surface area contributed by atoms with Crippen LogP contribution in [0.3, 0.4) is 0 Å². The molecule has 5 nitrogen and oxygen atoms in total. The van der Waals surface area contributed by atoms with Gasteiger partial charge in [-0.25, -0.2) is 0 Å². The molecular formula is C20H22ClNO4. The maximum atomic E-state index is 12.1. The van der Waals surface area contributed by atoms with Crippen molar-refractivity contribution in [1.29, 1.82) is 0 Å². The van der Waals surface area contributed by atoms with Crippen LogP contribution in [-0.4, -0.2) is 25.7 Å². The number of benzene rings is 2. The molecule has 0 saturated carbocycles. The standard InChI is InChI=1S/C20H22ClNO4/c1-13-4-5-17(14(2)8-13)26-12-19(23)22-11-15-9-16(21)20-18(10-15)24-6-3-7-25-20/h4-5,8-10H,3,6-7,11-12H2,1-2H3,(H,22,23). The molecule has 2 aromatic carbocycles. The predicted octanol–water partition coefficient (Wildman–Crippen LogP) is 3.81. The fraction of sp³-hybridized carbons (Fsp3) is 0.350. The van der Waals surface area contributed by atoms with Crippen LogP contribution in [0.2, 0.25) is 5.02 Å². The number of amides is 1. The summed E-state index contributed by atoms with van der Waals surface area (Å²) in [5, 5.41) is 3.32. The summed E-state index contributed by atoms with van der Waals surface area (Å²) in [7, 11) is 0. The van der Waals surface area contributed by atoms with E-state index in [4.69, 9.17) is 25.8 Å². The number of halogens is 1. The lowest BCUT2D eigenvalue weighted by molar-refractivity contribution is -0.123. The van der Waals surface area contributed by atoms with Crippen molar-refractivity contribution < 1.29 is 19.0 Å². The topological polar surface area (TPSA) is 56.8 Å². The summed E-state index contributed by atoms with van der Waals surface area (Å²) in [4.78, 5) is 12.1. The van der Waals surface area contributed by atoms with E-state index >= 15 is 0 Å². The fourth-order valence-corrected chi connectivity index (χ4v) is 3.03. The number of carbonyl (C=O) groups excluding carboxylic acids is 1. The molecule has 0 bridgehead atoms. The van der Waals surface area contributed by atoms with E-state index in [1.165, 1.54) is 0 Å². The second kappa shape index (κ2) is 8.32. The van der Waals surface area contributed by atoms with Gasteiger partial charge >= 0.3 is 0 Å². The van der Waals surface area contributed by atoms with Crippen molar-refractivity contribution in [1.82, 2.24) is 5.32 Å². The Kier molecular flexibility index (Phi) is 5.89. The van der Waals surface area contributed by atoms with Gasteiger partial charge in [0.15, 0.2) is 18.1 Å². The zero-order chi connectivity index (χ0) is 18.5. The molecule has 2 aromatic rings. The van der Waals surface area contributed by atoms with Crippen LogP contribution in [0.25, 0.3) is 0 Å². The van der Waals surface area contributed by atoms with E-state index in [2.05, 4.69) is 5.32 Å². The van der Waals surface area contributed by atoms with E-state index in [1.54, 1.807) is 6.07 Å². The first-order chi connectivity index (χ1) is 12.5. The quantitative estimate of drug-likeness (QED) is 0.863. The van der Waals surface area contributed by atoms with Gasteiger partial charge in [-0.2, -0.15) is 0 Å². The van der Waals surface area contributed by atoms with Crippen LogP contribution in [0.1, 0.15) is 23.1 Å². The lowest BCUT2D eigenvalue weighted by Crippen LogP contribution is -2.28. The SMILES string of the molecule is Cc1ccc(OCC(=O)NCc2cc(Cl)c3c(c2)OCCCO3)c(C)c1. The molecule has 0 atom stereocenters. The molecule has 138 valence electrons. The lowest BCUT2D eigenvalue weighted by atomic mass is 10.1. The minimum Gasteiger partial charge on any atom is -0.489 e. The van der Waals surface area contributed by atoms with Gasteiger partial charge in [-0.15, -0.1) is 0 Å². The fourth-order valence-electron chi connectivity index (χ4n) is 2.74. The van der Waals surface area contributed by atoms with E-state index in [-0.39, 0.29) is 12.5 Å². The number of nitrogens with one attached hydrogen (secondary N) is 1. The summed E-state index contributed by atoms with van der Waals surface area (Å²) in [6.07, 6.45) is 0.812. The van der Waals surface area contributed by atoms with Crippen molar-refractivity contribution in [2.45, 2.75) is 26.8 Å². The summed E-state index contributed by atoms with van der Waals surface area (Å²) in [5.41, 5.74) is 3.01. The smallest absolute Gasteiger partial charge is 0.258 e. The lowest BCUT2D eigenvalue weighted by Gasteiger charge is -2.13. The van der Waals surface area contributed by atoms with Gasteiger partial charge < -0.3 is 19.5 Å². The molecule has 0 spiro atoms. The Bertz CT molecular complexity index is 807. The van der Waals surface area contributed by atoms with E-state index in [9.17, 15) is 4.79 Å². The third kappa shape index (κ3) is 4.61. The van der Waals surface area contributed by atoms with Crippen LogP contribution in [0, 0.1) is 13.8 Å². The van der Waals surface area contributed by atoms with Crippen molar-refractivity contribution in [3.63, 3.8) is 0 Å². The molecule has 0 saturated heterocycles. The van der Waals surface area contributed by atoms with Crippen molar-refractivity contribution in [2.24, 2.45) is 0 Å². The van der Waals surface area contributed by atoms with Crippen LogP contribution in [0.4, 0.5) is 0 Å². The van der Waals surface area contributed by atoms with Gasteiger partial charge in [-0.1, -0.05) is 29.3 Å². The van der Waals surface area contributed by atoms with E-state index in [0.717, 1.165) is 23.1 Å². The number of hydrogen-bond donors (Lipinski definition) is 1. The van der Waals surface area contributed by atoms with Gasteiger partial charge in [0, 0.05) is 13.0 Å². The van der Waals surface area contributed by atoms with Gasteiger partial charge in [0.2, 0.25) is 0 Å². The molecule has 26 heavy (non-hydrogen) atoms. The van der Waals surface area contributed by atoms with E-state index in [0.29, 0.717) is 42.0 Å². The molecular weight excluding hydrogens is 354 g/mol. The average Bonchev–Trinajstić information content (AvgIpc) is 2.85. The minimum absolute atomic E-state index is 0.0395. The van der Waals surface area contributed by atoms with Crippen molar-refractivity contribution >= 4 is 17.5 Å².